The maximum Gasteiger partial charge on any atom is 0.388 e. The molecule has 0 saturated carbocycles. The summed E-state index contributed by atoms with van der Waals surface area (Å²) in [6, 6.07) is 6.91. The van der Waals surface area contributed by atoms with E-state index < -0.39 is 29.7 Å². The third-order valence-electron chi connectivity index (χ3n) is 5.27. The van der Waals surface area contributed by atoms with Crippen LogP contribution in [0.1, 0.15) is 25.0 Å². The van der Waals surface area contributed by atoms with Gasteiger partial charge in [0.2, 0.25) is 11.8 Å². The first-order valence-electron chi connectivity index (χ1n) is 10.1. The predicted molar refractivity (Wildman–Crippen MR) is 112 cm³/mol. The smallest absolute Gasteiger partial charge is 0.388 e. The topological polar surface area (TPSA) is 134 Å². The Kier molecular flexibility index (Phi) is 5.85. The summed E-state index contributed by atoms with van der Waals surface area (Å²) in [6.07, 6.45) is 0. The number of nitrogen functional groups attached to an aromatic ring is 1. The van der Waals surface area contributed by atoms with Crippen LogP contribution < -0.4 is 15.8 Å². The molecule has 1 amide bonds. The van der Waals surface area contributed by atoms with E-state index in [1.165, 1.54) is 25.1 Å². The predicted octanol–water partition coefficient (Wildman–Crippen LogP) is 2.48. The van der Waals surface area contributed by atoms with Crippen molar-refractivity contribution in [2.45, 2.75) is 32.4 Å². The number of nitrogens with one attached hydrogen (secondary N) is 1. The molecule has 0 aliphatic carbocycles. The van der Waals surface area contributed by atoms with Crippen molar-refractivity contribution >= 4 is 23.5 Å². The number of nitrogens with two attached hydrogens (primary N) is 1. The number of halogens is 3. The minimum Gasteiger partial charge on any atom is -0.465 e. The molecule has 0 radical (unpaired) electrons. The van der Waals surface area contributed by atoms with E-state index in [9.17, 15) is 22.8 Å². The van der Waals surface area contributed by atoms with Crippen LogP contribution in [0.3, 0.4) is 0 Å². The van der Waals surface area contributed by atoms with Gasteiger partial charge in [-0.1, -0.05) is 18.2 Å². The molecule has 1 aliphatic rings. The Hall–Kier alpha value is -4.16. The highest BCUT2D eigenvalue weighted by molar-refractivity contribution is 6.19. The number of nitrogens with zero attached hydrogens (tertiary/aromatic N) is 4. The zero-order chi connectivity index (χ0) is 24.6. The number of alkyl halides is 2. The molecule has 178 valence electrons. The van der Waals surface area contributed by atoms with E-state index in [2.05, 4.69) is 25.1 Å². The molecule has 3 heterocycles. The van der Waals surface area contributed by atoms with Crippen LogP contribution in [-0.2, 0) is 26.3 Å². The first kappa shape index (κ1) is 23.0. The van der Waals surface area contributed by atoms with Gasteiger partial charge in [-0.15, -0.1) is 0 Å². The van der Waals surface area contributed by atoms with Crippen LogP contribution in [0.25, 0.3) is 11.5 Å². The van der Waals surface area contributed by atoms with Crippen molar-refractivity contribution in [3.8, 4) is 17.4 Å². The van der Waals surface area contributed by atoms with E-state index in [1.807, 2.05) is 0 Å². The Labute approximate surface area is 190 Å². The second kappa shape index (κ2) is 8.65. The van der Waals surface area contributed by atoms with Gasteiger partial charge in [0.15, 0.2) is 11.2 Å². The van der Waals surface area contributed by atoms with Crippen molar-refractivity contribution in [3.63, 3.8) is 0 Å². The third kappa shape index (κ3) is 3.89. The number of benzene rings is 1. The molecule has 4 rings (SSSR count). The Morgan fingerprint density at radius 2 is 2.03 bits per heavy atom. The van der Waals surface area contributed by atoms with Gasteiger partial charge in [0.25, 0.3) is 0 Å². The number of esters is 1. The molecule has 0 saturated heterocycles. The third-order valence-corrected chi connectivity index (χ3v) is 5.27. The van der Waals surface area contributed by atoms with Gasteiger partial charge in [0.1, 0.15) is 23.1 Å². The minimum atomic E-state index is -3.17. The molecule has 0 spiro atoms. The lowest BCUT2D eigenvalue weighted by atomic mass is 9.84. The lowest BCUT2D eigenvalue weighted by molar-refractivity contribution is -0.152. The average Bonchev–Trinajstić information content (AvgIpc) is 3.28. The second-order valence-corrected chi connectivity index (χ2v) is 7.45. The van der Waals surface area contributed by atoms with Gasteiger partial charge in [0, 0.05) is 11.6 Å². The summed E-state index contributed by atoms with van der Waals surface area (Å²) in [5.74, 6) is -2.81. The maximum atomic E-state index is 14.1. The largest absolute Gasteiger partial charge is 0.465 e. The fourth-order valence-electron chi connectivity index (χ4n) is 3.59. The Bertz CT molecular complexity index is 1280. The molecule has 10 nitrogen and oxygen atoms in total. The quantitative estimate of drug-likeness (QED) is 0.392. The van der Waals surface area contributed by atoms with Crippen molar-refractivity contribution in [1.82, 2.24) is 19.7 Å². The summed E-state index contributed by atoms with van der Waals surface area (Å²) in [6.45, 7) is -0.410. The molecule has 1 unspecified atom stereocenters. The highest BCUT2D eigenvalue weighted by Gasteiger charge is 2.53. The van der Waals surface area contributed by atoms with Crippen LogP contribution in [0, 0.1) is 5.82 Å². The van der Waals surface area contributed by atoms with Gasteiger partial charge in [0.05, 0.1) is 18.7 Å². The van der Waals surface area contributed by atoms with Crippen molar-refractivity contribution < 1.29 is 32.2 Å². The molecule has 1 aliphatic heterocycles. The highest BCUT2D eigenvalue weighted by atomic mass is 19.3. The number of ether oxygens (including phenoxy) is 2. The molecule has 13 heteroatoms. The van der Waals surface area contributed by atoms with E-state index in [1.54, 1.807) is 13.0 Å². The maximum absolute atomic E-state index is 14.1. The molecular weight excluding hydrogens is 457 g/mol. The molecule has 2 aromatic heterocycles. The van der Waals surface area contributed by atoms with E-state index in [0.717, 1.165) is 10.7 Å². The van der Waals surface area contributed by atoms with Crippen LogP contribution in [0.4, 0.5) is 24.8 Å². The van der Waals surface area contributed by atoms with Crippen LogP contribution >= 0.6 is 0 Å². The molecular formula is C21H19F3N6O4. The summed E-state index contributed by atoms with van der Waals surface area (Å²) in [5.41, 5.74) is 4.50. The normalized spacial score (nSPS) is 16.9. The van der Waals surface area contributed by atoms with Gasteiger partial charge in [-0.25, -0.2) is 19.0 Å². The number of fused-ring (bicyclic) bond motifs is 1. The number of carbonyl (C=O) groups is 2. The SMILES string of the molecule is CCOC(=O)C1(C)C(=O)Nc2nc(-c3cc(OC(F)F)n(Cc4ccccc4F)n3)nc(N)c21. The number of hydrogen-bond acceptors (Lipinski definition) is 8. The van der Waals surface area contributed by atoms with Gasteiger partial charge in [-0.05, 0) is 19.9 Å². The van der Waals surface area contributed by atoms with E-state index in [4.69, 9.17) is 10.5 Å². The van der Waals surface area contributed by atoms with Crippen molar-refractivity contribution in [2.75, 3.05) is 17.7 Å². The van der Waals surface area contributed by atoms with Gasteiger partial charge >= 0.3 is 12.6 Å². The minimum absolute atomic E-state index is 0.0273. The van der Waals surface area contributed by atoms with Crippen LogP contribution in [0.15, 0.2) is 30.3 Å². The Morgan fingerprint density at radius 3 is 2.71 bits per heavy atom. The number of aromatic nitrogens is 4. The van der Waals surface area contributed by atoms with E-state index >= 15 is 0 Å². The van der Waals surface area contributed by atoms with Crippen LogP contribution in [0.5, 0.6) is 5.88 Å². The lowest BCUT2D eigenvalue weighted by Crippen LogP contribution is -2.41. The van der Waals surface area contributed by atoms with E-state index in [-0.39, 0.29) is 53.3 Å². The Morgan fingerprint density at radius 1 is 1.29 bits per heavy atom. The molecule has 0 bridgehead atoms. The van der Waals surface area contributed by atoms with Gasteiger partial charge in [-0.2, -0.15) is 13.9 Å². The molecule has 1 atom stereocenters. The molecule has 1 aromatic carbocycles. The standard InChI is InChI=1S/C21H19F3N6O4/c1-3-33-19(32)21(2)14-15(25)26-16(27-17(14)28-18(21)31)12-8-13(34-20(23)24)30(29-12)9-10-6-4-5-7-11(10)22/h4-8,20H,3,9H2,1-2H3,(H3,25,26,27,28,31). The summed E-state index contributed by atoms with van der Waals surface area (Å²) in [5, 5.41) is 6.64. The lowest BCUT2D eigenvalue weighted by Gasteiger charge is -2.20. The number of hydrogen-bond donors (Lipinski definition) is 2. The second-order valence-electron chi connectivity index (χ2n) is 7.45. The average molecular weight is 476 g/mol. The number of anilines is 2. The van der Waals surface area contributed by atoms with Crippen LogP contribution in [0.2, 0.25) is 0 Å². The zero-order valence-corrected chi connectivity index (χ0v) is 18.0. The van der Waals surface area contributed by atoms with Gasteiger partial charge in [-0.3, -0.25) is 9.59 Å². The van der Waals surface area contributed by atoms with E-state index in [0.29, 0.717) is 0 Å². The molecule has 0 fully saturated rings. The first-order chi connectivity index (χ1) is 16.1. The van der Waals surface area contributed by atoms with Crippen molar-refractivity contribution in [1.29, 1.82) is 0 Å². The zero-order valence-electron chi connectivity index (χ0n) is 18.0. The van der Waals surface area contributed by atoms with Crippen molar-refractivity contribution in [2.24, 2.45) is 0 Å². The highest BCUT2D eigenvalue weighted by Crippen LogP contribution is 2.41. The number of rotatable bonds is 7. The molecule has 3 N–H and O–H groups in total. The monoisotopic (exact) mass is 476 g/mol. The van der Waals surface area contributed by atoms with Gasteiger partial charge < -0.3 is 20.5 Å². The molecule has 34 heavy (non-hydrogen) atoms. The summed E-state index contributed by atoms with van der Waals surface area (Å²) in [7, 11) is 0. The fraction of sp³-hybridized carbons (Fsp3) is 0.286. The van der Waals surface area contributed by atoms with Crippen molar-refractivity contribution in [3.05, 3.63) is 47.3 Å². The number of amides is 1. The fourth-order valence-corrected chi connectivity index (χ4v) is 3.59. The number of carbonyl (C=O) groups excluding carboxylic acids is 2. The van der Waals surface area contributed by atoms with Crippen LogP contribution in [-0.4, -0.2) is 44.8 Å². The molecule has 3 aromatic rings. The summed E-state index contributed by atoms with van der Waals surface area (Å²) in [4.78, 5) is 33.4. The summed E-state index contributed by atoms with van der Waals surface area (Å²) >= 11 is 0. The first-order valence-corrected chi connectivity index (χ1v) is 10.1. The Balaban J connectivity index is 1.76. The summed E-state index contributed by atoms with van der Waals surface area (Å²) < 4.78 is 50.5.